The number of aromatic nitrogens is 1. The average Bonchev–Trinajstić information content (AvgIpc) is 3.14. The molecule has 3 rings (SSSR count). The summed E-state index contributed by atoms with van der Waals surface area (Å²) in [5.41, 5.74) is 0.838. The first-order valence-corrected chi connectivity index (χ1v) is 9.23. The summed E-state index contributed by atoms with van der Waals surface area (Å²) in [6, 6.07) is 4.31. The van der Waals surface area contributed by atoms with E-state index in [9.17, 15) is 9.18 Å². The topological polar surface area (TPSA) is 82.9 Å². The number of carbonyl (C=O) groups is 1. The van der Waals surface area contributed by atoms with E-state index in [-0.39, 0.29) is 29.8 Å². The van der Waals surface area contributed by atoms with Crippen LogP contribution in [-0.2, 0) is 0 Å². The molecule has 2 N–H and O–H groups in total. The minimum absolute atomic E-state index is 0. The highest BCUT2D eigenvalue weighted by molar-refractivity contribution is 6.04. The molecule has 8 nitrogen and oxygen atoms in total. The standard InChI is InChI=1S/C19H26FN5O3.ClH/c1-24(2)18-16(19(26)22-8-11-25-9-6-21-7-10-25)17(28-23-18)13-4-5-14(20)15(12-13)27-3;/h4-5,12,21H,6-11H2,1-3H3,(H,22,26);1H. The van der Waals surface area contributed by atoms with E-state index in [0.717, 1.165) is 32.7 Å². The van der Waals surface area contributed by atoms with E-state index in [1.807, 2.05) is 0 Å². The van der Waals surface area contributed by atoms with Gasteiger partial charge in [-0.05, 0) is 18.2 Å². The van der Waals surface area contributed by atoms with Crippen molar-refractivity contribution in [2.75, 3.05) is 65.4 Å². The third-order valence-electron chi connectivity index (χ3n) is 4.66. The first-order valence-electron chi connectivity index (χ1n) is 9.23. The van der Waals surface area contributed by atoms with Crippen LogP contribution in [-0.4, -0.2) is 76.4 Å². The van der Waals surface area contributed by atoms with Crippen molar-refractivity contribution in [2.24, 2.45) is 0 Å². The van der Waals surface area contributed by atoms with Crippen molar-refractivity contribution in [2.45, 2.75) is 0 Å². The number of hydrogen-bond acceptors (Lipinski definition) is 7. The highest BCUT2D eigenvalue weighted by Crippen LogP contribution is 2.33. The van der Waals surface area contributed by atoms with Crippen molar-refractivity contribution < 1.29 is 18.4 Å². The molecule has 1 aromatic carbocycles. The molecular formula is C19H27ClFN5O3. The Labute approximate surface area is 175 Å². The quantitative estimate of drug-likeness (QED) is 0.694. The Morgan fingerprint density at radius 2 is 2.10 bits per heavy atom. The molecule has 0 saturated carbocycles. The largest absolute Gasteiger partial charge is 0.494 e. The van der Waals surface area contributed by atoms with Gasteiger partial charge >= 0.3 is 0 Å². The lowest BCUT2D eigenvalue weighted by molar-refractivity contribution is 0.0948. The molecule has 2 aromatic rings. The maximum absolute atomic E-state index is 13.8. The Balaban J connectivity index is 0.00000300. The lowest BCUT2D eigenvalue weighted by Crippen LogP contribution is -2.46. The van der Waals surface area contributed by atoms with Crippen LogP contribution in [0, 0.1) is 5.82 Å². The van der Waals surface area contributed by atoms with E-state index < -0.39 is 5.82 Å². The molecule has 1 aliphatic heterocycles. The first-order chi connectivity index (χ1) is 13.5. The molecule has 1 saturated heterocycles. The second-order valence-corrected chi connectivity index (χ2v) is 6.80. The second kappa shape index (κ2) is 10.4. The maximum atomic E-state index is 13.8. The van der Waals surface area contributed by atoms with Crippen LogP contribution in [0.5, 0.6) is 5.75 Å². The summed E-state index contributed by atoms with van der Waals surface area (Å²) in [6.07, 6.45) is 0. The maximum Gasteiger partial charge on any atom is 0.259 e. The number of nitrogens with zero attached hydrogens (tertiary/aromatic N) is 3. The van der Waals surface area contributed by atoms with E-state index in [0.29, 0.717) is 23.5 Å². The number of methoxy groups -OCH3 is 1. The number of rotatable bonds is 7. The van der Waals surface area contributed by atoms with Gasteiger partial charge in [-0.3, -0.25) is 9.69 Å². The van der Waals surface area contributed by atoms with Gasteiger partial charge in [0.1, 0.15) is 5.56 Å². The van der Waals surface area contributed by atoms with E-state index in [4.69, 9.17) is 9.26 Å². The van der Waals surface area contributed by atoms with Gasteiger partial charge in [0, 0.05) is 58.9 Å². The molecular weight excluding hydrogens is 401 g/mol. The highest BCUT2D eigenvalue weighted by Gasteiger charge is 2.26. The molecule has 29 heavy (non-hydrogen) atoms. The Morgan fingerprint density at radius 3 is 2.76 bits per heavy atom. The van der Waals surface area contributed by atoms with E-state index >= 15 is 0 Å². The van der Waals surface area contributed by atoms with Crippen molar-refractivity contribution >= 4 is 24.1 Å². The van der Waals surface area contributed by atoms with Crippen molar-refractivity contribution in [1.82, 2.24) is 20.7 Å². The van der Waals surface area contributed by atoms with E-state index in [1.54, 1.807) is 19.0 Å². The molecule has 0 unspecified atom stereocenters. The SMILES string of the molecule is COc1cc(-c2onc(N(C)C)c2C(=O)NCCN2CCNCC2)ccc1F.Cl. The van der Waals surface area contributed by atoms with Crippen molar-refractivity contribution in [3.63, 3.8) is 0 Å². The average molecular weight is 428 g/mol. The molecule has 0 bridgehead atoms. The summed E-state index contributed by atoms with van der Waals surface area (Å²) in [7, 11) is 4.95. The van der Waals surface area contributed by atoms with Crippen molar-refractivity contribution in [3.05, 3.63) is 29.6 Å². The van der Waals surface area contributed by atoms with Crippen molar-refractivity contribution in [1.29, 1.82) is 0 Å². The molecule has 10 heteroatoms. The van der Waals surface area contributed by atoms with Crippen LogP contribution in [0.2, 0.25) is 0 Å². The van der Waals surface area contributed by atoms with Gasteiger partial charge in [0.25, 0.3) is 5.91 Å². The highest BCUT2D eigenvalue weighted by atomic mass is 35.5. The zero-order valence-corrected chi connectivity index (χ0v) is 17.6. The fraction of sp³-hybridized carbons (Fsp3) is 0.474. The molecule has 160 valence electrons. The predicted molar refractivity (Wildman–Crippen MR) is 112 cm³/mol. The smallest absolute Gasteiger partial charge is 0.259 e. The molecule has 1 aliphatic rings. The Hall–Kier alpha value is -2.36. The van der Waals surface area contributed by atoms with Gasteiger partial charge in [-0.2, -0.15) is 0 Å². The lowest BCUT2D eigenvalue weighted by atomic mass is 10.1. The molecule has 0 aliphatic carbocycles. The molecule has 0 atom stereocenters. The Morgan fingerprint density at radius 1 is 1.38 bits per heavy atom. The van der Waals surface area contributed by atoms with Crippen LogP contribution >= 0.6 is 12.4 Å². The van der Waals surface area contributed by atoms with Crippen LogP contribution in [0.25, 0.3) is 11.3 Å². The number of anilines is 1. The van der Waals surface area contributed by atoms with Gasteiger partial charge in [-0.15, -0.1) is 12.4 Å². The summed E-state index contributed by atoms with van der Waals surface area (Å²) < 4.78 is 24.2. The van der Waals surface area contributed by atoms with Gasteiger partial charge < -0.3 is 24.8 Å². The van der Waals surface area contributed by atoms with E-state index in [1.165, 1.54) is 25.3 Å². The number of nitrogens with one attached hydrogen (secondary N) is 2. The second-order valence-electron chi connectivity index (χ2n) is 6.80. The van der Waals surface area contributed by atoms with Crippen LogP contribution in [0.15, 0.2) is 22.7 Å². The molecule has 1 fully saturated rings. The fourth-order valence-corrected chi connectivity index (χ4v) is 3.14. The summed E-state index contributed by atoms with van der Waals surface area (Å²) in [5, 5.41) is 10.3. The molecule has 1 aromatic heterocycles. The monoisotopic (exact) mass is 427 g/mol. The number of benzene rings is 1. The zero-order chi connectivity index (χ0) is 20.1. The molecule has 0 spiro atoms. The lowest BCUT2D eigenvalue weighted by Gasteiger charge is -2.27. The normalized spacial score (nSPS) is 14.2. The van der Waals surface area contributed by atoms with Gasteiger partial charge in [-0.1, -0.05) is 5.16 Å². The van der Waals surface area contributed by atoms with Crippen LogP contribution in [0.4, 0.5) is 10.2 Å². The van der Waals surface area contributed by atoms with Gasteiger partial charge in [0.2, 0.25) is 0 Å². The summed E-state index contributed by atoms with van der Waals surface area (Å²) >= 11 is 0. The number of carbonyl (C=O) groups excluding carboxylic acids is 1. The molecule has 1 amide bonds. The third kappa shape index (κ3) is 5.37. The number of piperazine rings is 1. The Bertz CT molecular complexity index is 824. The van der Waals surface area contributed by atoms with Crippen LogP contribution in [0.1, 0.15) is 10.4 Å². The van der Waals surface area contributed by atoms with Gasteiger partial charge in [0.05, 0.1) is 7.11 Å². The third-order valence-corrected chi connectivity index (χ3v) is 4.66. The van der Waals surface area contributed by atoms with E-state index in [2.05, 4.69) is 20.7 Å². The minimum Gasteiger partial charge on any atom is -0.494 e. The van der Waals surface area contributed by atoms with Gasteiger partial charge in [-0.25, -0.2) is 4.39 Å². The number of hydrogen-bond donors (Lipinski definition) is 2. The van der Waals surface area contributed by atoms with Crippen molar-refractivity contribution in [3.8, 4) is 17.1 Å². The summed E-state index contributed by atoms with van der Waals surface area (Å²) in [5.74, 6) is 0.00371. The minimum atomic E-state index is -0.486. The first kappa shape index (κ1) is 22.9. The van der Waals surface area contributed by atoms with Crippen LogP contribution < -0.4 is 20.3 Å². The number of halogens is 2. The van der Waals surface area contributed by atoms with Crippen LogP contribution in [0.3, 0.4) is 0 Å². The molecule has 0 radical (unpaired) electrons. The summed E-state index contributed by atoms with van der Waals surface area (Å²) in [6.45, 7) is 5.14. The summed E-state index contributed by atoms with van der Waals surface area (Å²) in [4.78, 5) is 16.9. The zero-order valence-electron chi connectivity index (χ0n) is 16.8. The predicted octanol–water partition coefficient (Wildman–Crippen LogP) is 1.61. The number of amides is 1. The van der Waals surface area contributed by atoms with Gasteiger partial charge in [0.15, 0.2) is 23.1 Å². The number of ether oxygens (including phenoxy) is 1. The fourth-order valence-electron chi connectivity index (χ4n) is 3.14. The Kier molecular flexibility index (Phi) is 8.24. The molecule has 2 heterocycles.